The predicted octanol–water partition coefficient (Wildman–Crippen LogP) is 2.62. The van der Waals surface area contributed by atoms with Gasteiger partial charge in [-0.2, -0.15) is 0 Å². The van der Waals surface area contributed by atoms with Crippen molar-refractivity contribution in [2.45, 2.75) is 38.8 Å². The van der Waals surface area contributed by atoms with Crippen LogP contribution in [0.5, 0.6) is 0 Å². The van der Waals surface area contributed by atoms with E-state index in [1.165, 1.54) is 19.5 Å². The zero-order valence-electron chi connectivity index (χ0n) is 13.2. The summed E-state index contributed by atoms with van der Waals surface area (Å²) in [6.07, 6.45) is 6.49. The highest BCUT2D eigenvalue weighted by Crippen LogP contribution is 2.30. The van der Waals surface area contributed by atoms with Crippen molar-refractivity contribution >= 4 is 11.2 Å². The Hall–Kier alpha value is -1.46. The number of rotatable bonds is 4. The Balaban J connectivity index is 1.65. The van der Waals surface area contributed by atoms with Crippen LogP contribution in [0.2, 0.25) is 0 Å². The average Bonchev–Trinajstić information content (AvgIpc) is 3.25. The topological polar surface area (TPSA) is 43.2 Å². The van der Waals surface area contributed by atoms with E-state index >= 15 is 0 Å². The number of likely N-dealkylation sites (tertiary alicyclic amines) is 1. The van der Waals surface area contributed by atoms with Gasteiger partial charge in [-0.25, -0.2) is 9.97 Å². The van der Waals surface area contributed by atoms with Crippen molar-refractivity contribution in [2.75, 3.05) is 26.2 Å². The molecule has 2 unspecified atom stereocenters. The lowest BCUT2D eigenvalue weighted by atomic mass is 10.0. The molecule has 4 rings (SSSR count). The van der Waals surface area contributed by atoms with Crippen LogP contribution in [-0.4, -0.2) is 45.7 Å². The fourth-order valence-corrected chi connectivity index (χ4v) is 3.81. The molecule has 2 aromatic rings. The zero-order valence-corrected chi connectivity index (χ0v) is 13.2. The van der Waals surface area contributed by atoms with E-state index in [-0.39, 0.29) is 6.23 Å². The van der Waals surface area contributed by atoms with Crippen molar-refractivity contribution in [3.8, 4) is 0 Å². The van der Waals surface area contributed by atoms with Gasteiger partial charge in [0.05, 0.1) is 0 Å². The summed E-state index contributed by atoms with van der Waals surface area (Å²) in [6, 6.07) is 4.03. The number of aromatic nitrogens is 3. The summed E-state index contributed by atoms with van der Waals surface area (Å²) >= 11 is 0. The summed E-state index contributed by atoms with van der Waals surface area (Å²) in [5.41, 5.74) is 1.98. The third-order valence-corrected chi connectivity index (χ3v) is 5.00. The maximum absolute atomic E-state index is 5.93. The molecule has 0 radical (unpaired) electrons. The smallest absolute Gasteiger partial charge is 0.162 e. The third kappa shape index (κ3) is 2.52. The van der Waals surface area contributed by atoms with Crippen LogP contribution < -0.4 is 0 Å². The summed E-state index contributed by atoms with van der Waals surface area (Å²) in [5, 5.41) is 0. The van der Waals surface area contributed by atoms with E-state index in [4.69, 9.17) is 9.72 Å². The first-order valence-electron chi connectivity index (χ1n) is 8.51. The summed E-state index contributed by atoms with van der Waals surface area (Å²) in [6.45, 7) is 6.66. The summed E-state index contributed by atoms with van der Waals surface area (Å²) in [4.78, 5) is 12.0. The monoisotopic (exact) mass is 300 g/mol. The molecule has 2 aliphatic rings. The maximum atomic E-state index is 5.93. The molecule has 4 heterocycles. The van der Waals surface area contributed by atoms with Gasteiger partial charge in [0.2, 0.25) is 0 Å². The minimum atomic E-state index is 0.124. The van der Waals surface area contributed by atoms with Gasteiger partial charge in [-0.05, 0) is 50.4 Å². The molecule has 2 atom stereocenters. The van der Waals surface area contributed by atoms with Crippen LogP contribution in [0.1, 0.15) is 38.2 Å². The van der Waals surface area contributed by atoms with E-state index in [0.717, 1.165) is 49.4 Å². The number of imidazole rings is 1. The Morgan fingerprint density at radius 1 is 1.36 bits per heavy atom. The fraction of sp³-hybridized carbons (Fsp3) is 0.647. The van der Waals surface area contributed by atoms with Crippen molar-refractivity contribution < 1.29 is 4.74 Å². The standard InChI is InChI=1S/C17H24N4O/c1-2-20-9-7-13(12-20)11-15-19-14-5-3-8-18-17(14)21(15)16-6-4-10-22-16/h3,5,8,13,16H,2,4,6-7,9-12H2,1H3. The Kier molecular flexibility index (Phi) is 3.84. The first-order chi connectivity index (χ1) is 10.8. The Morgan fingerprint density at radius 3 is 3.09 bits per heavy atom. The van der Waals surface area contributed by atoms with Gasteiger partial charge in [0.15, 0.2) is 5.65 Å². The number of pyridine rings is 1. The minimum absolute atomic E-state index is 0.124. The molecule has 2 aliphatic heterocycles. The van der Waals surface area contributed by atoms with E-state index in [0.29, 0.717) is 5.92 Å². The molecule has 118 valence electrons. The van der Waals surface area contributed by atoms with Crippen LogP contribution in [0, 0.1) is 5.92 Å². The number of nitrogens with zero attached hydrogens (tertiary/aromatic N) is 4. The van der Waals surface area contributed by atoms with Crippen molar-refractivity contribution in [3.05, 3.63) is 24.2 Å². The second-order valence-electron chi connectivity index (χ2n) is 6.46. The quantitative estimate of drug-likeness (QED) is 0.870. The van der Waals surface area contributed by atoms with Crippen molar-refractivity contribution in [3.63, 3.8) is 0 Å². The lowest BCUT2D eigenvalue weighted by Crippen LogP contribution is -2.21. The van der Waals surface area contributed by atoms with Crippen LogP contribution in [0.15, 0.2) is 18.3 Å². The normalized spacial score (nSPS) is 26.2. The van der Waals surface area contributed by atoms with Gasteiger partial charge in [-0.1, -0.05) is 6.92 Å². The number of hydrogen-bond acceptors (Lipinski definition) is 4. The maximum Gasteiger partial charge on any atom is 0.162 e. The molecular formula is C17H24N4O. The second kappa shape index (κ2) is 5.97. The molecule has 0 spiro atoms. The Bertz CT molecular complexity index is 647. The van der Waals surface area contributed by atoms with Crippen molar-refractivity contribution in [1.29, 1.82) is 0 Å². The molecule has 0 amide bonds. The minimum Gasteiger partial charge on any atom is -0.358 e. The van der Waals surface area contributed by atoms with E-state index in [9.17, 15) is 0 Å². The lowest BCUT2D eigenvalue weighted by Gasteiger charge is -2.17. The van der Waals surface area contributed by atoms with Gasteiger partial charge in [0.1, 0.15) is 17.6 Å². The van der Waals surface area contributed by atoms with Crippen molar-refractivity contribution in [2.24, 2.45) is 5.92 Å². The Labute approximate surface area is 131 Å². The second-order valence-corrected chi connectivity index (χ2v) is 6.46. The summed E-state index contributed by atoms with van der Waals surface area (Å²) in [5.74, 6) is 1.86. The molecule has 0 N–H and O–H groups in total. The van der Waals surface area contributed by atoms with Crippen LogP contribution in [0.3, 0.4) is 0 Å². The van der Waals surface area contributed by atoms with Crippen molar-refractivity contribution in [1.82, 2.24) is 19.4 Å². The largest absolute Gasteiger partial charge is 0.358 e. The van der Waals surface area contributed by atoms with Gasteiger partial charge in [0, 0.05) is 25.8 Å². The molecule has 0 saturated carbocycles. The highest BCUT2D eigenvalue weighted by molar-refractivity contribution is 5.71. The van der Waals surface area contributed by atoms with Gasteiger partial charge in [0.25, 0.3) is 0 Å². The van der Waals surface area contributed by atoms with E-state index in [2.05, 4.69) is 27.4 Å². The van der Waals surface area contributed by atoms with Gasteiger partial charge >= 0.3 is 0 Å². The molecule has 2 saturated heterocycles. The number of ether oxygens (including phenoxy) is 1. The van der Waals surface area contributed by atoms with Crippen LogP contribution in [-0.2, 0) is 11.2 Å². The van der Waals surface area contributed by atoms with Gasteiger partial charge in [-0.3, -0.25) is 4.57 Å². The Morgan fingerprint density at radius 2 is 2.32 bits per heavy atom. The fourth-order valence-electron chi connectivity index (χ4n) is 3.81. The number of fused-ring (bicyclic) bond motifs is 1. The highest BCUT2D eigenvalue weighted by atomic mass is 16.5. The zero-order chi connectivity index (χ0) is 14.9. The molecule has 5 nitrogen and oxygen atoms in total. The van der Waals surface area contributed by atoms with E-state index in [1.807, 2.05) is 12.3 Å². The first kappa shape index (κ1) is 14.2. The molecule has 0 aromatic carbocycles. The van der Waals surface area contributed by atoms with E-state index < -0.39 is 0 Å². The van der Waals surface area contributed by atoms with Crippen LogP contribution in [0.25, 0.3) is 11.2 Å². The number of hydrogen-bond donors (Lipinski definition) is 0. The lowest BCUT2D eigenvalue weighted by molar-refractivity contribution is 0.0566. The molecule has 2 fully saturated rings. The molecule has 0 bridgehead atoms. The molecular weight excluding hydrogens is 276 g/mol. The summed E-state index contributed by atoms with van der Waals surface area (Å²) in [7, 11) is 0. The highest BCUT2D eigenvalue weighted by Gasteiger charge is 2.27. The third-order valence-electron chi connectivity index (χ3n) is 5.00. The van der Waals surface area contributed by atoms with Crippen LogP contribution in [0.4, 0.5) is 0 Å². The van der Waals surface area contributed by atoms with E-state index in [1.54, 1.807) is 0 Å². The SMILES string of the molecule is CCN1CCC(Cc2nc3cccnc3n2C2CCCO2)C1. The van der Waals surface area contributed by atoms with Gasteiger partial charge < -0.3 is 9.64 Å². The predicted molar refractivity (Wildman–Crippen MR) is 85.7 cm³/mol. The molecule has 22 heavy (non-hydrogen) atoms. The summed E-state index contributed by atoms with van der Waals surface area (Å²) < 4.78 is 8.19. The first-order valence-corrected chi connectivity index (χ1v) is 8.51. The van der Waals surface area contributed by atoms with Crippen LogP contribution >= 0.6 is 0 Å². The molecule has 2 aromatic heterocycles. The molecule has 0 aliphatic carbocycles. The molecule has 5 heteroatoms. The average molecular weight is 300 g/mol. The van der Waals surface area contributed by atoms with Gasteiger partial charge in [-0.15, -0.1) is 0 Å².